The molecule has 1 saturated heterocycles. The van der Waals surface area contributed by atoms with Gasteiger partial charge >= 0.3 is 0 Å². The number of aromatic nitrogens is 3. The van der Waals surface area contributed by atoms with E-state index in [-0.39, 0.29) is 11.6 Å². The normalized spacial score (nSPS) is 15.5. The molecule has 0 unspecified atom stereocenters. The zero-order valence-corrected chi connectivity index (χ0v) is 21.4. The highest BCUT2D eigenvalue weighted by Gasteiger charge is 2.21. The molecule has 7 nitrogen and oxygen atoms in total. The van der Waals surface area contributed by atoms with Crippen molar-refractivity contribution in [1.82, 2.24) is 19.6 Å². The van der Waals surface area contributed by atoms with Crippen LogP contribution in [0.2, 0.25) is 0 Å². The highest BCUT2D eigenvalue weighted by Crippen LogP contribution is 2.30. The van der Waals surface area contributed by atoms with E-state index >= 15 is 0 Å². The summed E-state index contributed by atoms with van der Waals surface area (Å²) in [4.78, 5) is 7.53. The molecular weight excluding hydrogens is 459 g/mol. The quantitative estimate of drug-likeness (QED) is 0.346. The fourth-order valence-corrected chi connectivity index (χ4v) is 5.14. The zero-order valence-electron chi connectivity index (χ0n) is 21.4. The lowest BCUT2D eigenvalue weighted by atomic mass is 10.0. The van der Waals surface area contributed by atoms with E-state index in [0.717, 1.165) is 77.9 Å². The van der Waals surface area contributed by atoms with Crippen molar-refractivity contribution in [1.29, 1.82) is 0 Å². The maximum absolute atomic E-state index is 14.3. The van der Waals surface area contributed by atoms with Gasteiger partial charge in [0.25, 0.3) is 0 Å². The molecule has 0 saturated carbocycles. The van der Waals surface area contributed by atoms with Crippen LogP contribution in [0.4, 0.5) is 4.39 Å². The smallest absolute Gasteiger partial charge is 0.165 e. The van der Waals surface area contributed by atoms with Gasteiger partial charge in [-0.15, -0.1) is 0 Å². The summed E-state index contributed by atoms with van der Waals surface area (Å²) < 4.78 is 32.6. The molecular formula is C28H33FN4O3. The molecule has 5 rings (SSSR count). The summed E-state index contributed by atoms with van der Waals surface area (Å²) in [5, 5.41) is 4.11. The molecule has 0 aliphatic carbocycles. The van der Waals surface area contributed by atoms with Crippen LogP contribution in [0.3, 0.4) is 0 Å². The molecule has 4 aromatic rings. The number of ether oxygens (including phenoxy) is 2. The van der Waals surface area contributed by atoms with Crippen molar-refractivity contribution in [2.24, 2.45) is 0 Å². The Kier molecular flexibility index (Phi) is 7.07. The zero-order chi connectivity index (χ0) is 25.2. The van der Waals surface area contributed by atoms with Gasteiger partial charge in [-0.3, -0.25) is 4.90 Å². The predicted octanol–water partition coefficient (Wildman–Crippen LogP) is 4.96. The number of fused-ring (bicyclic) bond motifs is 1. The first kappa shape index (κ1) is 24.5. The molecule has 1 atom stereocenters. The van der Waals surface area contributed by atoms with Gasteiger partial charge in [0, 0.05) is 37.7 Å². The van der Waals surface area contributed by atoms with Crippen molar-refractivity contribution < 1.29 is 18.4 Å². The Bertz CT molecular complexity index is 1340. The van der Waals surface area contributed by atoms with Gasteiger partial charge in [0.15, 0.2) is 11.6 Å². The van der Waals surface area contributed by atoms with E-state index in [2.05, 4.69) is 39.7 Å². The minimum absolute atomic E-state index is 0.261. The maximum atomic E-state index is 14.3. The Morgan fingerprint density at radius 3 is 2.58 bits per heavy atom. The van der Waals surface area contributed by atoms with Crippen molar-refractivity contribution in [3.8, 4) is 16.9 Å². The van der Waals surface area contributed by atoms with E-state index in [1.54, 1.807) is 12.1 Å². The number of methoxy groups -OCH3 is 1. The number of morpholine rings is 1. The predicted molar refractivity (Wildman–Crippen MR) is 137 cm³/mol. The molecule has 0 radical (unpaired) electrons. The second-order valence-electron chi connectivity index (χ2n) is 9.51. The maximum Gasteiger partial charge on any atom is 0.165 e. The van der Waals surface area contributed by atoms with Crippen molar-refractivity contribution in [2.45, 2.75) is 46.2 Å². The van der Waals surface area contributed by atoms with Gasteiger partial charge in [0.05, 0.1) is 37.1 Å². The molecule has 36 heavy (non-hydrogen) atoms. The third kappa shape index (κ3) is 4.88. The molecule has 2 aromatic heterocycles. The molecule has 0 N–H and O–H groups in total. The molecule has 3 heterocycles. The number of rotatable bonds is 8. The summed E-state index contributed by atoms with van der Waals surface area (Å²) in [5.74, 6) is 1.72. The van der Waals surface area contributed by atoms with E-state index in [0.29, 0.717) is 18.9 Å². The lowest BCUT2D eigenvalue weighted by molar-refractivity contribution is 0.0170. The summed E-state index contributed by atoms with van der Waals surface area (Å²) in [6, 6.07) is 11.9. The van der Waals surface area contributed by atoms with Crippen LogP contribution in [-0.2, 0) is 24.1 Å². The summed E-state index contributed by atoms with van der Waals surface area (Å²) in [5.41, 5.74) is 5.90. The number of nitrogens with zero attached hydrogens (tertiary/aromatic N) is 4. The van der Waals surface area contributed by atoms with Crippen molar-refractivity contribution >= 4 is 11.0 Å². The van der Waals surface area contributed by atoms with Crippen molar-refractivity contribution in [3.05, 3.63) is 65.1 Å². The molecule has 190 valence electrons. The highest BCUT2D eigenvalue weighted by atomic mass is 19.1. The standard InChI is InChI=1S/C28H33FN4O3/c1-18(32-11-13-35-14-12-32)17-33-25-8-7-22(28-19(2)31-36-20(28)3)16-24(25)30-27(33)10-6-21-5-9-26(34-4)23(29)15-21/h5,7-9,15-16,18H,6,10-14,17H2,1-4H3/t18-/m1/s1. The number of imidazole rings is 1. The highest BCUT2D eigenvalue weighted by molar-refractivity contribution is 5.83. The molecule has 8 heteroatoms. The van der Waals surface area contributed by atoms with Crippen LogP contribution in [-0.4, -0.2) is 59.1 Å². The van der Waals surface area contributed by atoms with E-state index < -0.39 is 0 Å². The molecule has 1 aliphatic rings. The Morgan fingerprint density at radius 1 is 1.08 bits per heavy atom. The van der Waals surface area contributed by atoms with Crippen molar-refractivity contribution in [3.63, 3.8) is 0 Å². The van der Waals surface area contributed by atoms with Crippen LogP contribution in [0.1, 0.15) is 29.8 Å². The Morgan fingerprint density at radius 2 is 1.89 bits per heavy atom. The second kappa shape index (κ2) is 10.4. The van der Waals surface area contributed by atoms with Gasteiger partial charge in [-0.1, -0.05) is 17.3 Å². The monoisotopic (exact) mass is 492 g/mol. The van der Waals surface area contributed by atoms with Gasteiger partial charge in [0.1, 0.15) is 11.6 Å². The average Bonchev–Trinajstić information content (AvgIpc) is 3.41. The second-order valence-corrected chi connectivity index (χ2v) is 9.51. The summed E-state index contributed by atoms with van der Waals surface area (Å²) in [7, 11) is 1.48. The minimum atomic E-state index is -0.339. The Labute approximate surface area is 210 Å². The van der Waals surface area contributed by atoms with Crippen LogP contribution < -0.4 is 4.74 Å². The van der Waals surface area contributed by atoms with Gasteiger partial charge in [-0.25, -0.2) is 9.37 Å². The third-order valence-corrected chi connectivity index (χ3v) is 7.12. The van der Waals surface area contributed by atoms with Crippen LogP contribution >= 0.6 is 0 Å². The fraction of sp³-hybridized carbons (Fsp3) is 0.429. The van der Waals surface area contributed by atoms with E-state index in [4.69, 9.17) is 19.0 Å². The van der Waals surface area contributed by atoms with E-state index in [1.807, 2.05) is 19.9 Å². The van der Waals surface area contributed by atoms with Crippen LogP contribution in [0.15, 0.2) is 40.9 Å². The Balaban J connectivity index is 1.48. The molecule has 1 fully saturated rings. The molecule has 0 amide bonds. The average molecular weight is 493 g/mol. The number of aryl methyl sites for hydroxylation is 4. The number of benzene rings is 2. The number of hydrogen-bond donors (Lipinski definition) is 0. The largest absolute Gasteiger partial charge is 0.494 e. The lowest BCUT2D eigenvalue weighted by Crippen LogP contribution is -2.44. The van der Waals surface area contributed by atoms with E-state index in [9.17, 15) is 4.39 Å². The minimum Gasteiger partial charge on any atom is -0.494 e. The third-order valence-electron chi connectivity index (χ3n) is 7.12. The summed E-state index contributed by atoms with van der Waals surface area (Å²) >= 11 is 0. The lowest BCUT2D eigenvalue weighted by Gasteiger charge is -2.32. The molecule has 0 bridgehead atoms. The molecule has 1 aliphatic heterocycles. The first-order chi connectivity index (χ1) is 17.4. The SMILES string of the molecule is COc1ccc(CCc2nc3cc(-c4c(C)noc4C)ccc3n2C[C@@H](C)N2CCOCC2)cc1F. The summed E-state index contributed by atoms with van der Waals surface area (Å²) in [6.07, 6.45) is 1.39. The van der Waals surface area contributed by atoms with E-state index in [1.165, 1.54) is 7.11 Å². The first-order valence-corrected chi connectivity index (χ1v) is 12.5. The fourth-order valence-electron chi connectivity index (χ4n) is 5.14. The molecule has 0 spiro atoms. The number of hydrogen-bond acceptors (Lipinski definition) is 6. The van der Waals surface area contributed by atoms with Gasteiger partial charge in [-0.05, 0) is 62.6 Å². The van der Waals surface area contributed by atoms with Gasteiger partial charge in [-0.2, -0.15) is 0 Å². The van der Waals surface area contributed by atoms with Crippen LogP contribution in [0, 0.1) is 19.7 Å². The topological polar surface area (TPSA) is 65.6 Å². The van der Waals surface area contributed by atoms with Gasteiger partial charge in [0.2, 0.25) is 0 Å². The molecule has 2 aromatic carbocycles. The summed E-state index contributed by atoms with van der Waals surface area (Å²) in [6.45, 7) is 10.4. The van der Waals surface area contributed by atoms with Crippen molar-refractivity contribution in [2.75, 3.05) is 33.4 Å². The first-order valence-electron chi connectivity index (χ1n) is 12.5. The number of halogens is 1. The Hall–Kier alpha value is -3.23. The van der Waals surface area contributed by atoms with Gasteiger partial charge < -0.3 is 18.6 Å². The van der Waals surface area contributed by atoms with Crippen LogP contribution in [0.5, 0.6) is 5.75 Å². The van der Waals surface area contributed by atoms with Crippen LogP contribution in [0.25, 0.3) is 22.2 Å².